The lowest BCUT2D eigenvalue weighted by molar-refractivity contribution is 1.07. The van der Waals surface area contributed by atoms with Crippen molar-refractivity contribution in [3.8, 4) is 78.7 Å². The molecule has 63 heavy (non-hydrogen) atoms. The van der Waals surface area contributed by atoms with Crippen LogP contribution in [0.4, 0.5) is 0 Å². The summed E-state index contributed by atoms with van der Waals surface area (Å²) >= 11 is 1.90. The van der Waals surface area contributed by atoms with Crippen molar-refractivity contribution in [3.63, 3.8) is 0 Å². The Hall–Kier alpha value is -8.05. The van der Waals surface area contributed by atoms with Crippen LogP contribution in [-0.4, -0.2) is 15.0 Å². The van der Waals surface area contributed by atoms with Gasteiger partial charge in [0.15, 0.2) is 17.5 Å². The zero-order valence-electron chi connectivity index (χ0n) is 34.1. The van der Waals surface area contributed by atoms with Crippen molar-refractivity contribution in [1.82, 2.24) is 15.0 Å². The zero-order chi connectivity index (χ0) is 41.7. The van der Waals surface area contributed by atoms with Gasteiger partial charge in [-0.15, -0.1) is 11.3 Å². The molecule has 0 aliphatic carbocycles. The van der Waals surface area contributed by atoms with Crippen molar-refractivity contribution >= 4 is 53.1 Å². The summed E-state index contributed by atoms with van der Waals surface area (Å²) in [6.45, 7) is 0. The van der Waals surface area contributed by atoms with Crippen molar-refractivity contribution in [1.29, 1.82) is 0 Å². The lowest BCUT2D eigenvalue weighted by Gasteiger charge is -2.12. The number of thiophene rings is 1. The van der Waals surface area contributed by atoms with Crippen LogP contribution in [0.1, 0.15) is 0 Å². The topological polar surface area (TPSA) is 38.7 Å². The van der Waals surface area contributed by atoms with E-state index in [2.05, 4.69) is 188 Å². The van der Waals surface area contributed by atoms with Gasteiger partial charge in [0.25, 0.3) is 0 Å². The normalized spacial score (nSPS) is 11.5. The number of hydrogen-bond donors (Lipinski definition) is 0. The highest BCUT2D eigenvalue weighted by atomic mass is 32.1. The molecular formula is C59H37N3S. The third-order valence-corrected chi connectivity index (χ3v) is 13.3. The largest absolute Gasteiger partial charge is 0.208 e. The maximum atomic E-state index is 5.09. The quantitative estimate of drug-likeness (QED) is 0.150. The van der Waals surface area contributed by atoms with Crippen LogP contribution in [0.15, 0.2) is 224 Å². The van der Waals surface area contributed by atoms with E-state index in [-0.39, 0.29) is 0 Å². The highest BCUT2D eigenvalue weighted by Crippen LogP contribution is 2.47. The standard InChI is InChI=1S/C59H37N3S/c1-3-15-38(16-4-1)39-31-33-41(34-32-39)58-60-57(40-17-5-2-6-18-40)61-59(62-58)47-24-13-22-45(37-47)43-20-11-19-42(35-43)44-21-12-23-46(36-44)48-29-14-30-53-54(48)55-51-27-9-7-25-49(51)50-26-8-10-28-52(50)56(55)63-53/h1-37H. The number of fused-ring (bicyclic) bond motifs is 8. The van der Waals surface area contributed by atoms with Gasteiger partial charge in [0.2, 0.25) is 0 Å². The minimum Gasteiger partial charge on any atom is -0.208 e. The number of nitrogens with zero attached hydrogens (tertiary/aromatic N) is 3. The molecule has 2 heterocycles. The Labute approximate surface area is 369 Å². The van der Waals surface area contributed by atoms with Gasteiger partial charge in [0.05, 0.1) is 0 Å². The minimum absolute atomic E-state index is 0.632. The molecule has 0 bridgehead atoms. The zero-order valence-corrected chi connectivity index (χ0v) is 34.9. The summed E-state index contributed by atoms with van der Waals surface area (Å²) in [5.74, 6) is 1.91. The van der Waals surface area contributed by atoms with Crippen LogP contribution in [0.25, 0.3) is 120 Å². The fourth-order valence-corrected chi connectivity index (χ4v) is 10.3. The van der Waals surface area contributed by atoms with E-state index >= 15 is 0 Å². The predicted molar refractivity (Wildman–Crippen MR) is 266 cm³/mol. The molecule has 10 aromatic carbocycles. The smallest absolute Gasteiger partial charge is 0.164 e. The van der Waals surface area contributed by atoms with Gasteiger partial charge in [0.1, 0.15) is 0 Å². The Balaban J connectivity index is 0.921. The maximum absolute atomic E-state index is 5.09. The molecule has 0 radical (unpaired) electrons. The van der Waals surface area contributed by atoms with Crippen LogP contribution >= 0.6 is 11.3 Å². The average molecular weight is 820 g/mol. The number of rotatable bonds is 7. The first kappa shape index (κ1) is 36.8. The first-order chi connectivity index (χ1) is 31.2. The fourth-order valence-electron chi connectivity index (χ4n) is 9.06. The van der Waals surface area contributed by atoms with Crippen LogP contribution in [0.2, 0.25) is 0 Å². The lowest BCUT2D eigenvalue weighted by Crippen LogP contribution is -2.00. The highest BCUT2D eigenvalue weighted by Gasteiger charge is 2.18. The second kappa shape index (κ2) is 15.4. The molecule has 0 saturated carbocycles. The summed E-state index contributed by atoms with van der Waals surface area (Å²) < 4.78 is 2.65. The molecule has 0 aliphatic rings. The first-order valence-corrected chi connectivity index (χ1v) is 22.1. The molecule has 12 rings (SSSR count). The third-order valence-electron chi connectivity index (χ3n) is 12.1. The van der Waals surface area contributed by atoms with Gasteiger partial charge in [-0.1, -0.05) is 200 Å². The molecule has 3 nitrogen and oxygen atoms in total. The van der Waals surface area contributed by atoms with E-state index in [9.17, 15) is 0 Å². The monoisotopic (exact) mass is 819 g/mol. The van der Waals surface area contributed by atoms with Gasteiger partial charge in [-0.3, -0.25) is 0 Å². The van der Waals surface area contributed by atoms with E-state index in [1.165, 1.54) is 64.0 Å². The Kier molecular flexibility index (Phi) is 9.02. The van der Waals surface area contributed by atoms with E-state index in [0.717, 1.165) is 38.9 Å². The lowest BCUT2D eigenvalue weighted by atomic mass is 9.92. The molecule has 2 aromatic heterocycles. The van der Waals surface area contributed by atoms with E-state index in [1.54, 1.807) is 0 Å². The van der Waals surface area contributed by atoms with E-state index in [4.69, 9.17) is 15.0 Å². The molecule has 0 unspecified atom stereocenters. The van der Waals surface area contributed by atoms with E-state index < -0.39 is 0 Å². The highest BCUT2D eigenvalue weighted by molar-refractivity contribution is 7.27. The van der Waals surface area contributed by atoms with E-state index in [0.29, 0.717) is 17.5 Å². The van der Waals surface area contributed by atoms with Gasteiger partial charge in [-0.25, -0.2) is 15.0 Å². The van der Waals surface area contributed by atoms with Gasteiger partial charge in [-0.2, -0.15) is 0 Å². The molecule has 0 saturated heterocycles. The molecule has 0 spiro atoms. The maximum Gasteiger partial charge on any atom is 0.164 e. The molecule has 0 amide bonds. The second-order valence-electron chi connectivity index (χ2n) is 15.9. The molecule has 0 aliphatic heterocycles. The average Bonchev–Trinajstić information content (AvgIpc) is 3.78. The fraction of sp³-hybridized carbons (Fsp3) is 0. The van der Waals surface area contributed by atoms with Crippen molar-refractivity contribution in [3.05, 3.63) is 224 Å². The molecule has 0 N–H and O–H groups in total. The summed E-state index contributed by atoms with van der Waals surface area (Å²) in [5, 5.41) is 7.89. The molecule has 294 valence electrons. The summed E-state index contributed by atoms with van der Waals surface area (Å²) in [4.78, 5) is 15.1. The van der Waals surface area contributed by atoms with Gasteiger partial charge < -0.3 is 0 Å². The summed E-state index contributed by atoms with van der Waals surface area (Å²) in [6, 6.07) is 79.9. The molecular weight excluding hydrogens is 783 g/mol. The number of benzene rings is 10. The van der Waals surface area contributed by atoms with Crippen molar-refractivity contribution in [2.75, 3.05) is 0 Å². The van der Waals surface area contributed by atoms with Gasteiger partial charge in [-0.05, 0) is 84.9 Å². The Morgan fingerprint density at radius 2 is 0.651 bits per heavy atom. The van der Waals surface area contributed by atoms with Crippen LogP contribution in [0, 0.1) is 0 Å². The number of aromatic nitrogens is 3. The summed E-state index contributed by atoms with van der Waals surface area (Å²) in [5.41, 5.74) is 12.1. The number of hydrogen-bond acceptors (Lipinski definition) is 4. The van der Waals surface area contributed by atoms with Gasteiger partial charge in [0, 0.05) is 42.2 Å². The molecule has 4 heteroatoms. The Bertz CT molecular complexity index is 3670. The third kappa shape index (κ3) is 6.65. The van der Waals surface area contributed by atoms with Crippen molar-refractivity contribution < 1.29 is 0 Å². The molecule has 12 aromatic rings. The second-order valence-corrected chi connectivity index (χ2v) is 17.0. The molecule has 0 fully saturated rings. The van der Waals surface area contributed by atoms with Crippen LogP contribution in [0.3, 0.4) is 0 Å². The summed E-state index contributed by atoms with van der Waals surface area (Å²) in [7, 11) is 0. The van der Waals surface area contributed by atoms with Crippen LogP contribution in [0.5, 0.6) is 0 Å². The minimum atomic E-state index is 0.632. The Morgan fingerprint density at radius 3 is 1.29 bits per heavy atom. The molecule has 0 atom stereocenters. The predicted octanol–water partition coefficient (Wildman–Crippen LogP) is 16.2. The first-order valence-electron chi connectivity index (χ1n) is 21.3. The van der Waals surface area contributed by atoms with E-state index in [1.807, 2.05) is 47.7 Å². The van der Waals surface area contributed by atoms with Crippen LogP contribution < -0.4 is 0 Å². The van der Waals surface area contributed by atoms with Crippen LogP contribution in [-0.2, 0) is 0 Å². The summed E-state index contributed by atoms with van der Waals surface area (Å²) in [6.07, 6.45) is 0. The van der Waals surface area contributed by atoms with Crippen molar-refractivity contribution in [2.24, 2.45) is 0 Å². The van der Waals surface area contributed by atoms with Gasteiger partial charge >= 0.3 is 0 Å². The van der Waals surface area contributed by atoms with Crippen molar-refractivity contribution in [2.45, 2.75) is 0 Å². The SMILES string of the molecule is c1ccc(-c2ccc(-c3nc(-c4ccccc4)nc(-c4cccc(-c5cccc(-c6cccc(-c7cccc8sc9c%10ccccc%10c%10ccccc%10c9c78)c6)c5)c4)n3)cc2)cc1. The Morgan fingerprint density at radius 1 is 0.254 bits per heavy atom.